The second-order valence-corrected chi connectivity index (χ2v) is 11.1. The lowest BCUT2D eigenvalue weighted by Crippen LogP contribution is -2.58. The van der Waals surface area contributed by atoms with E-state index in [0.717, 1.165) is 64.1 Å². The number of carbonyl (C=O) groups excluding carboxylic acids is 1. The van der Waals surface area contributed by atoms with Gasteiger partial charge >= 0.3 is 0 Å². The van der Waals surface area contributed by atoms with Crippen molar-refractivity contribution in [3.8, 4) is 0 Å². The second kappa shape index (κ2) is 9.08. The van der Waals surface area contributed by atoms with E-state index in [1.807, 2.05) is 6.07 Å². The van der Waals surface area contributed by atoms with Crippen LogP contribution < -0.4 is 0 Å². The summed E-state index contributed by atoms with van der Waals surface area (Å²) in [4.78, 5) is 20.9. The number of amides is 1. The predicted molar refractivity (Wildman–Crippen MR) is 128 cm³/mol. The van der Waals surface area contributed by atoms with Crippen molar-refractivity contribution in [2.24, 2.45) is 5.92 Å². The molecule has 3 heterocycles. The highest BCUT2D eigenvalue weighted by molar-refractivity contribution is 5.91. The van der Waals surface area contributed by atoms with Gasteiger partial charge in [0, 0.05) is 58.5 Å². The van der Waals surface area contributed by atoms with Crippen molar-refractivity contribution in [3.63, 3.8) is 0 Å². The van der Waals surface area contributed by atoms with Crippen LogP contribution in [0.2, 0.25) is 0 Å². The predicted octanol–water partition coefficient (Wildman–Crippen LogP) is 3.53. The largest absolute Gasteiger partial charge is 0.375 e. The first-order valence-corrected chi connectivity index (χ1v) is 13.0. The topological polar surface area (TPSA) is 36.0 Å². The van der Waals surface area contributed by atoms with Crippen LogP contribution in [0.3, 0.4) is 0 Å². The fraction of sp³-hybridized carbons (Fsp3) is 0.741. The number of likely N-dealkylation sites (tertiary alicyclic amines) is 1. The molecule has 0 aromatic heterocycles. The van der Waals surface area contributed by atoms with Crippen LogP contribution in [0.25, 0.3) is 0 Å². The number of carbonyl (C=O) groups is 1. The lowest BCUT2D eigenvalue weighted by molar-refractivity contribution is -0.152. The number of piperazine rings is 1. The van der Waals surface area contributed by atoms with E-state index in [-0.39, 0.29) is 11.0 Å². The molecule has 1 aliphatic carbocycles. The molecule has 1 spiro atoms. The van der Waals surface area contributed by atoms with E-state index in [1.165, 1.54) is 38.3 Å². The van der Waals surface area contributed by atoms with E-state index in [4.69, 9.17) is 4.74 Å². The maximum atomic E-state index is 13.4. The number of hydrogen-bond acceptors (Lipinski definition) is 4. The molecule has 5 nitrogen and oxygen atoms in total. The van der Waals surface area contributed by atoms with Gasteiger partial charge in [-0.05, 0) is 50.0 Å². The van der Waals surface area contributed by atoms with Crippen LogP contribution in [0.15, 0.2) is 30.3 Å². The number of rotatable bonds is 5. The molecule has 1 aromatic carbocycles. The summed E-state index contributed by atoms with van der Waals surface area (Å²) in [7, 11) is 0. The van der Waals surface area contributed by atoms with E-state index in [9.17, 15) is 4.79 Å². The number of ether oxygens (including phenoxy) is 1. The zero-order chi connectivity index (χ0) is 22.2. The summed E-state index contributed by atoms with van der Waals surface area (Å²) in [6.45, 7) is 13.2. The SMILES string of the molecule is CC(C)CN1CCN([C@H]2CCOC3(CCN(C(=O)C4(c5ccccc5)CC4)CC3)C2)CC1. The van der Waals surface area contributed by atoms with Gasteiger partial charge in [0.15, 0.2) is 0 Å². The van der Waals surface area contributed by atoms with Crippen LogP contribution in [-0.2, 0) is 14.9 Å². The quantitative estimate of drug-likeness (QED) is 0.703. The van der Waals surface area contributed by atoms with Crippen molar-refractivity contribution in [3.05, 3.63) is 35.9 Å². The number of piperidine rings is 1. The molecule has 0 N–H and O–H groups in total. The fourth-order valence-electron chi connectivity index (χ4n) is 6.42. The van der Waals surface area contributed by atoms with Crippen molar-refractivity contribution in [2.75, 3.05) is 52.4 Å². The molecule has 176 valence electrons. The summed E-state index contributed by atoms with van der Waals surface area (Å²) in [6.07, 6.45) is 6.29. The minimum Gasteiger partial charge on any atom is -0.375 e. The Morgan fingerprint density at radius 1 is 1.00 bits per heavy atom. The van der Waals surface area contributed by atoms with E-state index in [0.29, 0.717) is 11.9 Å². The van der Waals surface area contributed by atoms with Crippen molar-refractivity contribution >= 4 is 5.91 Å². The van der Waals surface area contributed by atoms with Gasteiger partial charge in [-0.1, -0.05) is 44.2 Å². The third-order valence-electron chi connectivity index (χ3n) is 8.46. The molecule has 0 bridgehead atoms. The minimum absolute atomic E-state index is 0.0157. The third kappa shape index (κ3) is 4.49. The van der Waals surface area contributed by atoms with Crippen molar-refractivity contribution in [2.45, 2.75) is 69.4 Å². The van der Waals surface area contributed by atoms with Crippen LogP contribution in [0.5, 0.6) is 0 Å². The van der Waals surface area contributed by atoms with Gasteiger partial charge in [-0.25, -0.2) is 0 Å². The third-order valence-corrected chi connectivity index (χ3v) is 8.46. The summed E-state index contributed by atoms with van der Waals surface area (Å²) in [5.74, 6) is 1.10. The maximum absolute atomic E-state index is 13.4. The number of hydrogen-bond donors (Lipinski definition) is 0. The van der Waals surface area contributed by atoms with Gasteiger partial charge in [-0.15, -0.1) is 0 Å². The first-order chi connectivity index (χ1) is 15.5. The Hall–Kier alpha value is -1.43. The molecule has 1 amide bonds. The van der Waals surface area contributed by atoms with E-state index in [2.05, 4.69) is 52.8 Å². The fourth-order valence-corrected chi connectivity index (χ4v) is 6.42. The minimum atomic E-state index is -0.239. The Balaban J connectivity index is 1.16. The Labute approximate surface area is 194 Å². The highest BCUT2D eigenvalue weighted by atomic mass is 16.5. The molecule has 5 rings (SSSR count). The van der Waals surface area contributed by atoms with E-state index < -0.39 is 0 Å². The molecule has 1 atom stereocenters. The first kappa shape index (κ1) is 22.4. The molecular formula is C27H41N3O2. The van der Waals surface area contributed by atoms with Gasteiger partial charge in [-0.3, -0.25) is 9.69 Å². The van der Waals surface area contributed by atoms with Gasteiger partial charge < -0.3 is 14.5 Å². The summed E-state index contributed by atoms with van der Waals surface area (Å²) in [5, 5.41) is 0. The highest BCUT2D eigenvalue weighted by Gasteiger charge is 2.54. The van der Waals surface area contributed by atoms with E-state index in [1.54, 1.807) is 0 Å². The van der Waals surface area contributed by atoms with Gasteiger partial charge in [0.05, 0.1) is 11.0 Å². The first-order valence-electron chi connectivity index (χ1n) is 13.0. The average Bonchev–Trinajstić information content (AvgIpc) is 3.62. The Morgan fingerprint density at radius 3 is 2.31 bits per heavy atom. The van der Waals surface area contributed by atoms with Crippen molar-refractivity contribution < 1.29 is 9.53 Å². The Morgan fingerprint density at radius 2 is 1.69 bits per heavy atom. The van der Waals surface area contributed by atoms with Gasteiger partial charge in [0.25, 0.3) is 0 Å². The van der Waals surface area contributed by atoms with Crippen LogP contribution in [0, 0.1) is 5.92 Å². The highest BCUT2D eigenvalue weighted by Crippen LogP contribution is 2.50. The molecule has 32 heavy (non-hydrogen) atoms. The normalized spacial score (nSPS) is 28.2. The summed E-state index contributed by atoms with van der Waals surface area (Å²) in [5.41, 5.74) is 0.950. The molecule has 5 heteroatoms. The van der Waals surface area contributed by atoms with Gasteiger partial charge in [0.1, 0.15) is 0 Å². The lowest BCUT2D eigenvalue weighted by atomic mass is 9.81. The van der Waals surface area contributed by atoms with Crippen molar-refractivity contribution in [1.82, 2.24) is 14.7 Å². The maximum Gasteiger partial charge on any atom is 0.233 e. The average molecular weight is 440 g/mol. The molecule has 4 fully saturated rings. The zero-order valence-electron chi connectivity index (χ0n) is 20.1. The van der Waals surface area contributed by atoms with E-state index >= 15 is 0 Å². The zero-order valence-corrected chi connectivity index (χ0v) is 20.1. The summed E-state index contributed by atoms with van der Waals surface area (Å²) < 4.78 is 6.44. The molecule has 1 saturated carbocycles. The summed E-state index contributed by atoms with van der Waals surface area (Å²) >= 11 is 0. The smallest absolute Gasteiger partial charge is 0.233 e. The number of nitrogens with zero attached hydrogens (tertiary/aromatic N) is 3. The Bertz CT molecular complexity index is 775. The van der Waals surface area contributed by atoms with Crippen LogP contribution in [0.4, 0.5) is 0 Å². The molecule has 0 radical (unpaired) electrons. The van der Waals surface area contributed by atoms with Crippen molar-refractivity contribution in [1.29, 1.82) is 0 Å². The standard InChI is InChI=1S/C27H41N3O2/c1-22(2)21-28-15-17-29(18-16-28)24-8-19-32-26(20-24)11-13-30(14-12-26)25(31)27(9-10-27)23-6-4-3-5-7-23/h3-7,22,24H,8-21H2,1-2H3/t24-/m0/s1. The number of benzene rings is 1. The second-order valence-electron chi connectivity index (χ2n) is 11.1. The van der Waals surface area contributed by atoms with Gasteiger partial charge in [-0.2, -0.15) is 0 Å². The monoisotopic (exact) mass is 439 g/mol. The molecule has 0 unspecified atom stereocenters. The lowest BCUT2D eigenvalue weighted by Gasteiger charge is -2.50. The molecule has 3 saturated heterocycles. The van der Waals surface area contributed by atoms with Crippen LogP contribution in [-0.4, -0.2) is 84.7 Å². The van der Waals surface area contributed by atoms with Crippen LogP contribution in [0.1, 0.15) is 57.9 Å². The van der Waals surface area contributed by atoms with Crippen LogP contribution >= 0.6 is 0 Å². The molecule has 3 aliphatic heterocycles. The van der Waals surface area contributed by atoms with Gasteiger partial charge in [0.2, 0.25) is 5.91 Å². The molecular weight excluding hydrogens is 398 g/mol. The summed E-state index contributed by atoms with van der Waals surface area (Å²) in [6, 6.07) is 11.1. The molecule has 4 aliphatic rings. The Kier molecular flexibility index (Phi) is 6.34. The molecule has 1 aromatic rings.